The van der Waals surface area contributed by atoms with Crippen molar-refractivity contribution in [1.82, 2.24) is 5.32 Å². The second kappa shape index (κ2) is 6.80. The molecule has 1 aliphatic carbocycles. The maximum atomic E-state index is 12.2. The van der Waals surface area contributed by atoms with Crippen LogP contribution in [0.5, 0.6) is 0 Å². The van der Waals surface area contributed by atoms with Gasteiger partial charge in [0.1, 0.15) is 0 Å². The minimum Gasteiger partial charge on any atom is -0.398 e. The summed E-state index contributed by atoms with van der Waals surface area (Å²) in [6, 6.07) is 5.29. The molecule has 0 aromatic heterocycles. The fraction of sp³-hybridized carbons (Fsp3) is 0.533. The van der Waals surface area contributed by atoms with Crippen LogP contribution in [0.3, 0.4) is 0 Å². The van der Waals surface area contributed by atoms with Gasteiger partial charge in [-0.2, -0.15) is 0 Å². The molecule has 19 heavy (non-hydrogen) atoms. The summed E-state index contributed by atoms with van der Waals surface area (Å²) in [5.74, 6) is -0.0836. The van der Waals surface area contributed by atoms with Crippen molar-refractivity contribution < 1.29 is 4.79 Å². The second-order valence-electron chi connectivity index (χ2n) is 5.25. The van der Waals surface area contributed by atoms with Crippen LogP contribution in [0.25, 0.3) is 0 Å². The minimum atomic E-state index is -0.0836. The van der Waals surface area contributed by atoms with Gasteiger partial charge in [-0.1, -0.05) is 43.7 Å². The largest absolute Gasteiger partial charge is 0.398 e. The summed E-state index contributed by atoms with van der Waals surface area (Å²) in [7, 11) is 0. The zero-order valence-electron chi connectivity index (χ0n) is 11.1. The molecule has 0 heterocycles. The molecule has 0 aliphatic heterocycles. The summed E-state index contributed by atoms with van der Waals surface area (Å²) >= 11 is 5.84. The number of hydrogen-bond acceptors (Lipinski definition) is 2. The molecule has 1 amide bonds. The van der Waals surface area contributed by atoms with Gasteiger partial charge < -0.3 is 11.1 Å². The van der Waals surface area contributed by atoms with Crippen LogP contribution in [0.15, 0.2) is 18.2 Å². The molecule has 3 N–H and O–H groups in total. The van der Waals surface area contributed by atoms with Crippen LogP contribution < -0.4 is 11.1 Å². The van der Waals surface area contributed by atoms with E-state index < -0.39 is 0 Å². The lowest BCUT2D eigenvalue weighted by molar-refractivity contribution is 0.0931. The highest BCUT2D eigenvalue weighted by atomic mass is 35.5. The van der Waals surface area contributed by atoms with E-state index in [9.17, 15) is 4.79 Å². The molecule has 0 unspecified atom stereocenters. The van der Waals surface area contributed by atoms with Crippen LogP contribution in [0.2, 0.25) is 5.02 Å². The van der Waals surface area contributed by atoms with E-state index in [1.807, 2.05) is 0 Å². The van der Waals surface area contributed by atoms with Crippen LogP contribution >= 0.6 is 11.6 Å². The topological polar surface area (TPSA) is 55.1 Å². The van der Waals surface area contributed by atoms with Crippen LogP contribution in [0.4, 0.5) is 5.69 Å². The first-order valence-corrected chi connectivity index (χ1v) is 7.40. The zero-order chi connectivity index (χ0) is 13.7. The van der Waals surface area contributed by atoms with Crippen molar-refractivity contribution in [2.24, 2.45) is 0 Å². The number of nitrogens with two attached hydrogens (primary N) is 1. The molecule has 0 atom stereocenters. The van der Waals surface area contributed by atoms with E-state index >= 15 is 0 Å². The average molecular weight is 281 g/mol. The first kappa shape index (κ1) is 14.2. The quantitative estimate of drug-likeness (QED) is 0.811. The molecule has 1 fully saturated rings. The van der Waals surface area contributed by atoms with Gasteiger partial charge in [-0.05, 0) is 31.0 Å². The standard InChI is InChI=1S/C15H21ClN2O/c16-11-8-9-13(14(17)10-11)15(19)18-12-6-4-2-1-3-5-7-12/h8-10,12H,1-7,17H2,(H,18,19). The molecular formula is C15H21ClN2O. The number of rotatable bonds is 2. The van der Waals surface area contributed by atoms with E-state index in [1.165, 1.54) is 32.1 Å². The number of hydrogen-bond donors (Lipinski definition) is 2. The Kier molecular flexibility index (Phi) is 5.08. The molecule has 104 valence electrons. The van der Waals surface area contributed by atoms with Gasteiger partial charge in [0.25, 0.3) is 5.91 Å². The molecule has 1 saturated carbocycles. The Balaban J connectivity index is 1.99. The maximum absolute atomic E-state index is 12.2. The molecule has 4 heteroatoms. The lowest BCUT2D eigenvalue weighted by Gasteiger charge is -2.21. The third-order valence-electron chi connectivity index (χ3n) is 3.70. The van der Waals surface area contributed by atoms with Crippen molar-refractivity contribution in [1.29, 1.82) is 0 Å². The fourth-order valence-electron chi connectivity index (χ4n) is 2.60. The number of carbonyl (C=O) groups excluding carboxylic acids is 1. The summed E-state index contributed by atoms with van der Waals surface area (Å²) in [6.07, 6.45) is 8.40. The highest BCUT2D eigenvalue weighted by Gasteiger charge is 2.16. The van der Waals surface area contributed by atoms with Gasteiger partial charge in [-0.3, -0.25) is 4.79 Å². The monoisotopic (exact) mass is 280 g/mol. The number of halogens is 1. The Morgan fingerprint density at radius 2 is 1.79 bits per heavy atom. The van der Waals surface area contributed by atoms with Gasteiger partial charge in [0, 0.05) is 16.8 Å². The van der Waals surface area contributed by atoms with Crippen molar-refractivity contribution in [2.75, 3.05) is 5.73 Å². The van der Waals surface area contributed by atoms with E-state index in [1.54, 1.807) is 18.2 Å². The van der Waals surface area contributed by atoms with Crippen LogP contribution in [-0.2, 0) is 0 Å². The molecule has 0 spiro atoms. The summed E-state index contributed by atoms with van der Waals surface area (Å²) in [5.41, 5.74) is 6.80. The van der Waals surface area contributed by atoms with Crippen LogP contribution in [0.1, 0.15) is 55.3 Å². The molecule has 0 bridgehead atoms. The summed E-state index contributed by atoms with van der Waals surface area (Å²) in [5, 5.41) is 3.66. The van der Waals surface area contributed by atoms with E-state index in [4.69, 9.17) is 17.3 Å². The van der Waals surface area contributed by atoms with Crippen molar-refractivity contribution in [2.45, 2.75) is 51.0 Å². The highest BCUT2D eigenvalue weighted by Crippen LogP contribution is 2.20. The van der Waals surface area contributed by atoms with Gasteiger partial charge in [-0.15, -0.1) is 0 Å². The number of benzene rings is 1. The fourth-order valence-corrected chi connectivity index (χ4v) is 2.78. The molecule has 1 aliphatic rings. The third-order valence-corrected chi connectivity index (χ3v) is 3.93. The Morgan fingerprint density at radius 1 is 1.16 bits per heavy atom. The molecule has 0 radical (unpaired) electrons. The van der Waals surface area contributed by atoms with Crippen LogP contribution in [0, 0.1) is 0 Å². The van der Waals surface area contributed by atoms with Crippen molar-refractivity contribution >= 4 is 23.2 Å². The van der Waals surface area contributed by atoms with Gasteiger partial charge in [-0.25, -0.2) is 0 Å². The summed E-state index contributed by atoms with van der Waals surface area (Å²) < 4.78 is 0. The van der Waals surface area contributed by atoms with Gasteiger partial charge >= 0.3 is 0 Å². The predicted octanol–water partition coefficient (Wildman–Crippen LogP) is 3.76. The lowest BCUT2D eigenvalue weighted by atomic mass is 9.96. The molecule has 0 saturated heterocycles. The number of anilines is 1. The Morgan fingerprint density at radius 3 is 2.42 bits per heavy atom. The summed E-state index contributed by atoms with van der Waals surface area (Å²) in [4.78, 5) is 12.2. The lowest BCUT2D eigenvalue weighted by Crippen LogP contribution is -2.35. The van der Waals surface area contributed by atoms with E-state index in [2.05, 4.69) is 5.32 Å². The molecule has 3 nitrogen and oxygen atoms in total. The number of carbonyl (C=O) groups is 1. The predicted molar refractivity (Wildman–Crippen MR) is 79.4 cm³/mol. The second-order valence-corrected chi connectivity index (χ2v) is 5.68. The zero-order valence-corrected chi connectivity index (χ0v) is 11.9. The average Bonchev–Trinajstić information content (AvgIpc) is 2.32. The highest BCUT2D eigenvalue weighted by molar-refractivity contribution is 6.31. The normalized spacial score (nSPS) is 17.5. The van der Waals surface area contributed by atoms with Crippen molar-refractivity contribution in [3.63, 3.8) is 0 Å². The Hall–Kier alpha value is -1.22. The number of nitrogens with one attached hydrogen (secondary N) is 1. The van der Waals surface area contributed by atoms with Crippen molar-refractivity contribution in [3.05, 3.63) is 28.8 Å². The first-order chi connectivity index (χ1) is 9.16. The van der Waals surface area contributed by atoms with E-state index in [-0.39, 0.29) is 11.9 Å². The molecule has 2 rings (SSSR count). The maximum Gasteiger partial charge on any atom is 0.253 e. The molecule has 1 aromatic rings. The van der Waals surface area contributed by atoms with Crippen molar-refractivity contribution in [3.8, 4) is 0 Å². The van der Waals surface area contributed by atoms with E-state index in [0.717, 1.165) is 12.8 Å². The first-order valence-electron chi connectivity index (χ1n) is 7.02. The van der Waals surface area contributed by atoms with Gasteiger partial charge in [0.05, 0.1) is 5.56 Å². The Labute approximate surface area is 119 Å². The third kappa shape index (κ3) is 4.13. The van der Waals surface area contributed by atoms with Gasteiger partial charge in [0.15, 0.2) is 0 Å². The Bertz CT molecular complexity index is 440. The number of amides is 1. The smallest absolute Gasteiger partial charge is 0.253 e. The SMILES string of the molecule is Nc1cc(Cl)ccc1C(=O)NC1CCCCCCC1. The number of nitrogen functional groups attached to an aromatic ring is 1. The van der Waals surface area contributed by atoms with Crippen LogP contribution in [-0.4, -0.2) is 11.9 Å². The van der Waals surface area contributed by atoms with Gasteiger partial charge in [0.2, 0.25) is 0 Å². The molecular weight excluding hydrogens is 260 g/mol. The summed E-state index contributed by atoms with van der Waals surface area (Å²) in [6.45, 7) is 0. The van der Waals surface area contributed by atoms with E-state index in [0.29, 0.717) is 16.3 Å². The molecule has 1 aromatic carbocycles. The minimum absolute atomic E-state index is 0.0836.